The van der Waals surface area contributed by atoms with Crippen molar-refractivity contribution in [1.82, 2.24) is 29.7 Å². The van der Waals surface area contributed by atoms with E-state index in [0.29, 0.717) is 109 Å². The smallest absolute Gasteiger partial charge is 0.264 e. The number of nitrogens with zero attached hydrogens (tertiary/aromatic N) is 7. The maximum atomic E-state index is 13.9. The van der Waals surface area contributed by atoms with Crippen molar-refractivity contribution >= 4 is 70.9 Å². The fraction of sp³-hybridized carbons (Fsp3) is 0.288. The third-order valence-corrected chi connectivity index (χ3v) is 16.3. The molecule has 0 saturated carbocycles. The van der Waals surface area contributed by atoms with E-state index in [-0.39, 0.29) is 33.6 Å². The molecule has 3 aromatic heterocycles. The minimum absolute atomic E-state index is 0.0340. The molecule has 4 aromatic carbocycles. The van der Waals surface area contributed by atoms with Gasteiger partial charge in [-0.2, -0.15) is 0 Å². The van der Waals surface area contributed by atoms with Gasteiger partial charge in [-0.05, 0) is 109 Å². The molecule has 0 bridgehead atoms. The SMILES string of the molecule is COc1cccnc1N1CCN(C(=O)c2ccc(NS(=O)(=O)c3cccc4c(C5CC(CN6CCN(C(=O)c7ccc(NS(=O)(=O)c8cccc9cccnc89)c(C)c7)CC6)CO5)ccnc34)cc2)CC1. The number of carbonyl (C=O) groups excluding carboxylic acids is 2. The van der Waals surface area contributed by atoms with Gasteiger partial charge in [-0.1, -0.05) is 30.3 Å². The predicted octanol–water partition coefficient (Wildman–Crippen LogP) is 6.59. The summed E-state index contributed by atoms with van der Waals surface area (Å²) in [5, 5.41) is 1.41. The summed E-state index contributed by atoms with van der Waals surface area (Å²) in [6, 6.07) is 30.7. The Labute approximate surface area is 412 Å². The number of benzene rings is 4. The van der Waals surface area contributed by atoms with Crippen LogP contribution in [0.25, 0.3) is 21.8 Å². The molecule has 366 valence electrons. The van der Waals surface area contributed by atoms with Crippen molar-refractivity contribution in [3.63, 3.8) is 0 Å². The number of sulfonamides is 2. The maximum absolute atomic E-state index is 13.9. The highest BCUT2D eigenvalue weighted by Gasteiger charge is 2.33. The van der Waals surface area contributed by atoms with Gasteiger partial charge in [-0.15, -0.1) is 0 Å². The van der Waals surface area contributed by atoms with Gasteiger partial charge in [0.25, 0.3) is 31.9 Å². The summed E-state index contributed by atoms with van der Waals surface area (Å²) in [4.78, 5) is 48.6. The van der Waals surface area contributed by atoms with Crippen molar-refractivity contribution in [3.8, 4) is 5.75 Å². The van der Waals surface area contributed by atoms with Crippen LogP contribution in [0, 0.1) is 12.8 Å². The number of hydrogen-bond acceptors (Lipinski definition) is 13. The van der Waals surface area contributed by atoms with E-state index < -0.39 is 20.0 Å². The summed E-state index contributed by atoms with van der Waals surface area (Å²) in [7, 11) is -6.43. The van der Waals surface area contributed by atoms with Crippen LogP contribution >= 0.6 is 0 Å². The fourth-order valence-electron chi connectivity index (χ4n) is 9.76. The maximum Gasteiger partial charge on any atom is 0.264 e. The fourth-order valence-corrected chi connectivity index (χ4v) is 12.3. The molecule has 2 atom stereocenters. The van der Waals surface area contributed by atoms with Crippen molar-refractivity contribution in [2.24, 2.45) is 5.92 Å². The minimum Gasteiger partial charge on any atom is -0.493 e. The van der Waals surface area contributed by atoms with E-state index >= 15 is 0 Å². The van der Waals surface area contributed by atoms with Crippen LogP contribution in [0.5, 0.6) is 5.75 Å². The molecule has 3 aliphatic heterocycles. The Kier molecular flexibility index (Phi) is 13.3. The molecule has 17 nitrogen and oxygen atoms in total. The second-order valence-electron chi connectivity index (χ2n) is 18.0. The molecular weight excluding hydrogens is 943 g/mol. The molecule has 0 radical (unpaired) electrons. The van der Waals surface area contributed by atoms with Crippen molar-refractivity contribution < 1.29 is 35.9 Å². The van der Waals surface area contributed by atoms with E-state index in [9.17, 15) is 26.4 Å². The van der Waals surface area contributed by atoms with Gasteiger partial charge in [-0.3, -0.25) is 33.9 Å². The lowest BCUT2D eigenvalue weighted by atomic mass is 9.97. The number of anilines is 3. The number of fused-ring (bicyclic) bond motifs is 2. The van der Waals surface area contributed by atoms with Crippen LogP contribution in [0.15, 0.2) is 138 Å². The second kappa shape index (κ2) is 19.9. The summed E-state index contributed by atoms with van der Waals surface area (Å²) < 4.78 is 72.0. The number of para-hydroxylation sites is 2. The molecule has 19 heteroatoms. The van der Waals surface area contributed by atoms with E-state index in [4.69, 9.17) is 9.47 Å². The van der Waals surface area contributed by atoms with Crippen molar-refractivity contribution in [2.45, 2.75) is 29.2 Å². The first-order chi connectivity index (χ1) is 34.3. The number of hydrogen-bond donors (Lipinski definition) is 2. The zero-order valence-corrected chi connectivity index (χ0v) is 40.9. The van der Waals surface area contributed by atoms with Gasteiger partial charge in [0.2, 0.25) is 0 Å². The molecule has 2 unspecified atom stereocenters. The Bertz CT molecular complexity index is 3360. The first kappa shape index (κ1) is 47.5. The molecule has 6 heterocycles. The number of aryl methyl sites for hydroxylation is 1. The van der Waals surface area contributed by atoms with E-state index in [0.717, 1.165) is 29.7 Å². The highest BCUT2D eigenvalue weighted by atomic mass is 32.2. The minimum atomic E-state index is -4.09. The average Bonchev–Trinajstić information content (AvgIpc) is 3.86. The standard InChI is InChI=1S/C52H53N9O8S2/c1-35-31-39(15-18-43(35)57-71(66,67)46-11-3-7-37-8-5-20-53-48(37)46)52(63)60-25-23-58(24-26-60)33-36-32-45(69-34-36)41-19-22-54-49-42(41)9-4-12-47(49)70(64,65)56-40-16-13-38(14-17-40)51(62)61-29-27-59(28-30-61)50-44(68-2)10-6-21-55-50/h3-22,31,36,45,56-57H,23-30,32-34H2,1-2H3. The number of rotatable bonds is 13. The number of pyridine rings is 3. The molecule has 0 aliphatic carbocycles. The molecule has 3 fully saturated rings. The molecular formula is C52H53N9O8S2. The highest BCUT2D eigenvalue weighted by Crippen LogP contribution is 2.38. The van der Waals surface area contributed by atoms with Gasteiger partial charge < -0.3 is 24.2 Å². The zero-order chi connectivity index (χ0) is 49.3. The number of methoxy groups -OCH3 is 1. The van der Waals surface area contributed by atoms with Gasteiger partial charge in [-0.25, -0.2) is 21.8 Å². The lowest BCUT2D eigenvalue weighted by Gasteiger charge is -2.36. The normalized spacial score (nSPS) is 17.9. The third kappa shape index (κ3) is 9.95. The monoisotopic (exact) mass is 995 g/mol. The molecule has 3 saturated heterocycles. The number of aromatic nitrogens is 3. The largest absolute Gasteiger partial charge is 0.493 e. The predicted molar refractivity (Wildman–Crippen MR) is 271 cm³/mol. The van der Waals surface area contributed by atoms with Gasteiger partial charge in [0.1, 0.15) is 9.79 Å². The average molecular weight is 996 g/mol. The lowest BCUT2D eigenvalue weighted by molar-refractivity contribution is 0.0605. The number of nitrogens with one attached hydrogen (secondary N) is 2. The molecule has 0 spiro atoms. The van der Waals surface area contributed by atoms with Crippen LogP contribution in [0.2, 0.25) is 0 Å². The van der Waals surface area contributed by atoms with Gasteiger partial charge in [0.15, 0.2) is 11.6 Å². The molecule has 3 aliphatic rings. The molecule has 7 aromatic rings. The van der Waals surface area contributed by atoms with Crippen LogP contribution in [-0.2, 0) is 24.8 Å². The van der Waals surface area contributed by atoms with E-state index in [1.165, 1.54) is 12.1 Å². The highest BCUT2D eigenvalue weighted by molar-refractivity contribution is 7.93. The Morgan fingerprint density at radius 3 is 2.06 bits per heavy atom. The van der Waals surface area contributed by atoms with Gasteiger partial charge >= 0.3 is 0 Å². The second-order valence-corrected chi connectivity index (χ2v) is 21.3. The Hall–Kier alpha value is -7.19. The topological polar surface area (TPSA) is 197 Å². The van der Waals surface area contributed by atoms with Crippen molar-refractivity contribution in [2.75, 3.05) is 87.0 Å². The lowest BCUT2D eigenvalue weighted by Crippen LogP contribution is -2.49. The molecule has 2 amide bonds. The Morgan fingerprint density at radius 2 is 1.31 bits per heavy atom. The van der Waals surface area contributed by atoms with E-state index in [2.05, 4.69) is 34.2 Å². The van der Waals surface area contributed by atoms with Gasteiger partial charge in [0, 0.05) is 105 Å². The van der Waals surface area contributed by atoms with Crippen LogP contribution in [-0.4, -0.2) is 131 Å². The van der Waals surface area contributed by atoms with E-state index in [1.54, 1.807) is 98.2 Å². The van der Waals surface area contributed by atoms with Crippen LogP contribution in [0.4, 0.5) is 17.2 Å². The zero-order valence-electron chi connectivity index (χ0n) is 39.3. The third-order valence-electron chi connectivity index (χ3n) is 13.5. The first-order valence-corrected chi connectivity index (χ1v) is 26.5. The summed E-state index contributed by atoms with van der Waals surface area (Å²) in [6.07, 6.45) is 5.38. The number of ether oxygens (including phenoxy) is 2. The number of amides is 2. The quantitative estimate of drug-likeness (QED) is 0.126. The summed E-state index contributed by atoms with van der Waals surface area (Å²) in [5.41, 5.74) is 3.86. The molecule has 71 heavy (non-hydrogen) atoms. The molecule has 10 rings (SSSR count). The van der Waals surface area contributed by atoms with Crippen molar-refractivity contribution in [3.05, 3.63) is 150 Å². The van der Waals surface area contributed by atoms with Crippen LogP contribution in [0.3, 0.4) is 0 Å². The number of piperazine rings is 2. The van der Waals surface area contributed by atoms with Crippen molar-refractivity contribution in [1.29, 1.82) is 0 Å². The van der Waals surface area contributed by atoms with E-state index in [1.807, 2.05) is 41.3 Å². The first-order valence-electron chi connectivity index (χ1n) is 23.5. The summed E-state index contributed by atoms with van der Waals surface area (Å²) in [5.74, 6) is 1.40. The Morgan fingerprint density at radius 1 is 0.676 bits per heavy atom. The summed E-state index contributed by atoms with van der Waals surface area (Å²) in [6.45, 7) is 7.76. The number of carbonyl (C=O) groups is 2. The van der Waals surface area contributed by atoms with Gasteiger partial charge in [0.05, 0.1) is 36.5 Å². The van der Waals surface area contributed by atoms with Crippen LogP contribution in [0.1, 0.15) is 44.4 Å². The summed E-state index contributed by atoms with van der Waals surface area (Å²) >= 11 is 0. The Balaban J connectivity index is 0.722. The van der Waals surface area contributed by atoms with Crippen LogP contribution < -0.4 is 19.1 Å². The molecule has 2 N–H and O–H groups in total.